The van der Waals surface area contributed by atoms with Gasteiger partial charge in [0.1, 0.15) is 17.3 Å². The van der Waals surface area contributed by atoms with E-state index in [0.29, 0.717) is 5.69 Å². The Balaban J connectivity index is 1.56. The zero-order valence-electron chi connectivity index (χ0n) is 20.1. The highest BCUT2D eigenvalue weighted by molar-refractivity contribution is 6.05. The second-order valence-electron chi connectivity index (χ2n) is 8.92. The molecule has 1 atom stereocenters. The largest absolute Gasteiger partial charge is 0.386 e. The number of aromatic nitrogens is 5. The first kappa shape index (κ1) is 24.1. The van der Waals surface area contributed by atoms with Crippen molar-refractivity contribution in [1.82, 2.24) is 30.2 Å². The summed E-state index contributed by atoms with van der Waals surface area (Å²) in [5.41, 5.74) is 13.7. The average molecular weight is 475 g/mol. The van der Waals surface area contributed by atoms with Crippen molar-refractivity contribution in [1.29, 1.82) is 0 Å². The summed E-state index contributed by atoms with van der Waals surface area (Å²) in [4.78, 5) is 40.5. The summed E-state index contributed by atoms with van der Waals surface area (Å²) in [6.45, 7) is 9.47. The lowest BCUT2D eigenvalue weighted by atomic mass is 9.73. The SMILES string of the molecule is CC(C)C(C)(C(N)=NC(=O)c1cnc(N2CCNCC2)cn1)c1ccc(-c2cnc(N)nc2)nc1. The van der Waals surface area contributed by atoms with E-state index >= 15 is 0 Å². The molecule has 182 valence electrons. The van der Waals surface area contributed by atoms with Gasteiger partial charge in [0.15, 0.2) is 0 Å². The molecule has 1 aliphatic rings. The zero-order valence-corrected chi connectivity index (χ0v) is 20.1. The van der Waals surface area contributed by atoms with Gasteiger partial charge in [0.05, 0.1) is 23.5 Å². The Morgan fingerprint density at radius 1 is 1.03 bits per heavy atom. The van der Waals surface area contributed by atoms with Crippen molar-refractivity contribution in [2.75, 3.05) is 36.8 Å². The molecule has 35 heavy (non-hydrogen) atoms. The molecule has 0 radical (unpaired) electrons. The third-order valence-electron chi connectivity index (χ3n) is 6.54. The molecular weight excluding hydrogens is 444 g/mol. The lowest BCUT2D eigenvalue weighted by Crippen LogP contribution is -2.44. The molecule has 3 aromatic rings. The van der Waals surface area contributed by atoms with Crippen molar-refractivity contribution in [2.45, 2.75) is 26.2 Å². The molecule has 0 saturated carbocycles. The molecule has 11 heteroatoms. The van der Waals surface area contributed by atoms with Crippen LogP contribution < -0.4 is 21.7 Å². The number of amides is 1. The van der Waals surface area contributed by atoms with Gasteiger partial charge in [0.25, 0.3) is 5.91 Å². The number of nitrogens with two attached hydrogens (primary N) is 2. The number of rotatable bonds is 6. The van der Waals surface area contributed by atoms with Crippen molar-refractivity contribution >= 4 is 23.5 Å². The van der Waals surface area contributed by atoms with E-state index in [-0.39, 0.29) is 23.4 Å². The smallest absolute Gasteiger partial charge is 0.298 e. The number of amidine groups is 1. The lowest BCUT2D eigenvalue weighted by molar-refractivity contribution is 0.0996. The summed E-state index contributed by atoms with van der Waals surface area (Å²) >= 11 is 0. The predicted octanol–water partition coefficient (Wildman–Crippen LogP) is 1.43. The summed E-state index contributed by atoms with van der Waals surface area (Å²) in [5, 5.41) is 3.30. The van der Waals surface area contributed by atoms with E-state index in [4.69, 9.17) is 11.5 Å². The average Bonchev–Trinajstić information content (AvgIpc) is 2.89. The van der Waals surface area contributed by atoms with Crippen LogP contribution in [-0.2, 0) is 5.41 Å². The van der Waals surface area contributed by atoms with Gasteiger partial charge >= 0.3 is 0 Å². The Hall–Kier alpha value is -3.99. The number of hydrogen-bond donors (Lipinski definition) is 3. The molecule has 1 fully saturated rings. The molecule has 0 bridgehead atoms. The standard InChI is InChI=1S/C24H30N10O/c1-15(2)24(3,17-4-5-18(28-12-17)16-10-31-23(26)32-11-16)22(25)33-21(35)19-13-30-20(14-29-19)34-8-6-27-7-9-34/h4-5,10-15,27H,6-9H2,1-3H3,(H2,25,33,35)(H2,26,31,32). The van der Waals surface area contributed by atoms with Gasteiger partial charge in [-0.2, -0.15) is 4.99 Å². The van der Waals surface area contributed by atoms with Crippen molar-refractivity contribution in [3.05, 3.63) is 54.4 Å². The van der Waals surface area contributed by atoms with E-state index in [0.717, 1.165) is 43.1 Å². The zero-order chi connectivity index (χ0) is 25.0. The number of carbonyl (C=O) groups is 1. The summed E-state index contributed by atoms with van der Waals surface area (Å²) < 4.78 is 0. The van der Waals surface area contributed by atoms with E-state index in [2.05, 4.69) is 40.1 Å². The minimum absolute atomic E-state index is 0.0349. The van der Waals surface area contributed by atoms with Crippen LogP contribution in [0.5, 0.6) is 0 Å². The van der Waals surface area contributed by atoms with Crippen LogP contribution in [0.4, 0.5) is 11.8 Å². The third kappa shape index (κ3) is 5.09. The van der Waals surface area contributed by atoms with Crippen LogP contribution in [0, 0.1) is 5.92 Å². The van der Waals surface area contributed by atoms with Crippen LogP contribution in [0.2, 0.25) is 0 Å². The summed E-state index contributed by atoms with van der Waals surface area (Å²) in [7, 11) is 0. The molecule has 5 N–H and O–H groups in total. The number of nitrogens with one attached hydrogen (secondary N) is 1. The first-order valence-electron chi connectivity index (χ1n) is 11.5. The first-order chi connectivity index (χ1) is 16.8. The van der Waals surface area contributed by atoms with Crippen LogP contribution in [0.15, 0.2) is 48.1 Å². The van der Waals surface area contributed by atoms with Crippen LogP contribution in [0.1, 0.15) is 36.8 Å². The highest BCUT2D eigenvalue weighted by Crippen LogP contribution is 2.33. The number of carbonyl (C=O) groups excluding carboxylic acids is 1. The maximum atomic E-state index is 12.9. The minimum Gasteiger partial charge on any atom is -0.386 e. The number of nitrogens with zero attached hydrogens (tertiary/aromatic N) is 7. The predicted molar refractivity (Wildman–Crippen MR) is 135 cm³/mol. The molecular formula is C24H30N10O. The number of anilines is 2. The lowest BCUT2D eigenvalue weighted by Gasteiger charge is -2.33. The van der Waals surface area contributed by atoms with Crippen molar-refractivity contribution in [3.63, 3.8) is 0 Å². The summed E-state index contributed by atoms with van der Waals surface area (Å²) in [5.74, 6) is 0.639. The Labute approximate surface area is 204 Å². The third-order valence-corrected chi connectivity index (χ3v) is 6.54. The summed E-state index contributed by atoms with van der Waals surface area (Å²) in [6, 6.07) is 3.79. The van der Waals surface area contributed by atoms with E-state index in [1.165, 1.54) is 6.20 Å². The molecule has 0 aliphatic carbocycles. The number of hydrogen-bond acceptors (Lipinski definition) is 9. The highest BCUT2D eigenvalue weighted by atomic mass is 16.1. The quantitative estimate of drug-likeness (QED) is 0.352. The minimum atomic E-state index is -0.729. The fraction of sp³-hybridized carbons (Fsp3) is 0.375. The molecule has 1 saturated heterocycles. The topological polar surface area (TPSA) is 161 Å². The maximum Gasteiger partial charge on any atom is 0.298 e. The molecule has 1 aliphatic heterocycles. The van der Waals surface area contributed by atoms with Gasteiger partial charge < -0.3 is 21.7 Å². The Morgan fingerprint density at radius 2 is 1.74 bits per heavy atom. The van der Waals surface area contributed by atoms with Gasteiger partial charge in [-0.1, -0.05) is 19.9 Å². The van der Waals surface area contributed by atoms with Crippen molar-refractivity contribution < 1.29 is 4.79 Å². The van der Waals surface area contributed by atoms with Crippen LogP contribution in [0.25, 0.3) is 11.3 Å². The van der Waals surface area contributed by atoms with E-state index in [1.54, 1.807) is 24.8 Å². The van der Waals surface area contributed by atoms with Crippen LogP contribution >= 0.6 is 0 Å². The number of aliphatic imine (C=N–C) groups is 1. The van der Waals surface area contributed by atoms with E-state index < -0.39 is 11.3 Å². The second kappa shape index (κ2) is 10.1. The molecule has 11 nitrogen and oxygen atoms in total. The first-order valence-corrected chi connectivity index (χ1v) is 11.5. The van der Waals surface area contributed by atoms with Gasteiger partial charge in [0, 0.05) is 50.3 Å². The number of piperazine rings is 1. The fourth-order valence-corrected chi connectivity index (χ4v) is 3.89. The Bertz CT molecular complexity index is 1190. The van der Waals surface area contributed by atoms with Crippen LogP contribution in [-0.4, -0.2) is 62.8 Å². The van der Waals surface area contributed by atoms with Crippen LogP contribution in [0.3, 0.4) is 0 Å². The van der Waals surface area contributed by atoms with Gasteiger partial charge in [-0.25, -0.2) is 19.9 Å². The second-order valence-corrected chi connectivity index (χ2v) is 8.92. The molecule has 0 aromatic carbocycles. The molecule has 4 rings (SSSR count). The Kier molecular flexibility index (Phi) is 6.97. The fourth-order valence-electron chi connectivity index (χ4n) is 3.89. The van der Waals surface area contributed by atoms with Gasteiger partial charge in [-0.05, 0) is 24.5 Å². The Morgan fingerprint density at radius 3 is 2.31 bits per heavy atom. The molecule has 4 heterocycles. The molecule has 3 aromatic heterocycles. The maximum absolute atomic E-state index is 12.9. The highest BCUT2D eigenvalue weighted by Gasteiger charge is 2.36. The number of nitrogen functional groups attached to an aromatic ring is 1. The summed E-state index contributed by atoms with van der Waals surface area (Å²) in [6.07, 6.45) is 8.04. The van der Waals surface area contributed by atoms with Gasteiger partial charge in [-0.3, -0.25) is 9.78 Å². The van der Waals surface area contributed by atoms with E-state index in [1.807, 2.05) is 32.9 Å². The van der Waals surface area contributed by atoms with Gasteiger partial charge in [-0.15, -0.1) is 0 Å². The molecule has 0 spiro atoms. The molecule has 1 amide bonds. The van der Waals surface area contributed by atoms with Crippen molar-refractivity contribution in [3.8, 4) is 11.3 Å². The molecule has 1 unspecified atom stereocenters. The van der Waals surface area contributed by atoms with E-state index in [9.17, 15) is 4.79 Å². The van der Waals surface area contributed by atoms with Crippen molar-refractivity contribution in [2.24, 2.45) is 16.6 Å². The number of pyridine rings is 1. The monoisotopic (exact) mass is 474 g/mol. The van der Waals surface area contributed by atoms with Gasteiger partial charge in [0.2, 0.25) is 5.95 Å². The normalized spacial score (nSPS) is 16.2.